The minimum atomic E-state index is 0.578. The Bertz CT molecular complexity index is 788. The predicted octanol–water partition coefficient (Wildman–Crippen LogP) is 3.63. The van der Waals surface area contributed by atoms with E-state index in [0.717, 1.165) is 48.6 Å². The van der Waals surface area contributed by atoms with Gasteiger partial charge in [-0.1, -0.05) is 42.8 Å². The van der Waals surface area contributed by atoms with Gasteiger partial charge in [0.1, 0.15) is 18.2 Å². The molecule has 7 nitrogen and oxygen atoms in total. The second-order valence-electron chi connectivity index (χ2n) is 7.57. The van der Waals surface area contributed by atoms with Crippen molar-refractivity contribution in [1.82, 2.24) is 25.0 Å². The second kappa shape index (κ2) is 11.8. The number of likely N-dealkylation sites (N-methyl/N-ethyl adjacent to an activating group) is 1. The smallest absolute Gasteiger partial charge is 0.193 e. The van der Waals surface area contributed by atoms with Crippen LogP contribution in [0, 0.1) is 0 Å². The van der Waals surface area contributed by atoms with Crippen molar-refractivity contribution in [3.63, 3.8) is 0 Å². The lowest BCUT2D eigenvalue weighted by molar-refractivity contribution is 0.281. The van der Waals surface area contributed by atoms with Crippen LogP contribution in [0.5, 0.6) is 5.75 Å². The quantitative estimate of drug-likeness (QED) is 0.269. The van der Waals surface area contributed by atoms with Crippen LogP contribution in [0.15, 0.2) is 40.5 Å². The third-order valence-electron chi connectivity index (χ3n) is 5.48. The van der Waals surface area contributed by atoms with Gasteiger partial charge in [0, 0.05) is 33.1 Å². The average molecular weight is 431 g/mol. The van der Waals surface area contributed by atoms with Gasteiger partial charge in [-0.25, -0.2) is 0 Å². The topological polar surface area (TPSA) is 67.6 Å². The molecule has 0 atom stereocenters. The van der Waals surface area contributed by atoms with E-state index in [4.69, 9.17) is 4.74 Å². The summed E-state index contributed by atoms with van der Waals surface area (Å²) in [5.41, 5.74) is 0. The maximum atomic E-state index is 5.79. The Morgan fingerprint density at radius 2 is 2.03 bits per heavy atom. The lowest BCUT2D eigenvalue weighted by Gasteiger charge is -2.22. The van der Waals surface area contributed by atoms with Gasteiger partial charge in [0.05, 0.1) is 6.54 Å². The number of hydrogen-bond donors (Lipinski definition) is 1. The molecular formula is C22H34N6OS. The van der Waals surface area contributed by atoms with Crippen LogP contribution in [0.25, 0.3) is 0 Å². The van der Waals surface area contributed by atoms with E-state index in [9.17, 15) is 0 Å². The Kier molecular flexibility index (Phi) is 8.86. The number of aryl methyl sites for hydroxylation is 1. The molecule has 30 heavy (non-hydrogen) atoms. The molecule has 1 N–H and O–H groups in total. The number of para-hydroxylation sites is 1. The van der Waals surface area contributed by atoms with Gasteiger partial charge in [0.15, 0.2) is 11.1 Å². The van der Waals surface area contributed by atoms with Gasteiger partial charge in [-0.15, -0.1) is 10.2 Å². The first-order valence-electron chi connectivity index (χ1n) is 10.8. The molecular weight excluding hydrogens is 396 g/mol. The monoisotopic (exact) mass is 430 g/mol. The third-order valence-corrected chi connectivity index (χ3v) is 6.12. The van der Waals surface area contributed by atoms with Crippen molar-refractivity contribution in [2.24, 2.45) is 4.99 Å². The number of hydrogen-bond acceptors (Lipinski definition) is 5. The molecule has 0 spiro atoms. The van der Waals surface area contributed by atoms with Gasteiger partial charge < -0.3 is 19.5 Å². The van der Waals surface area contributed by atoms with Gasteiger partial charge in [0.25, 0.3) is 0 Å². The molecule has 2 aromatic rings. The molecule has 3 rings (SSSR count). The minimum Gasteiger partial charge on any atom is -0.492 e. The van der Waals surface area contributed by atoms with E-state index in [0.29, 0.717) is 12.6 Å². The van der Waals surface area contributed by atoms with Gasteiger partial charge >= 0.3 is 0 Å². The fourth-order valence-electron chi connectivity index (χ4n) is 3.90. The molecule has 0 amide bonds. The first-order valence-corrected chi connectivity index (χ1v) is 12.0. The van der Waals surface area contributed by atoms with Gasteiger partial charge in [-0.05, 0) is 37.7 Å². The number of rotatable bonds is 10. The van der Waals surface area contributed by atoms with E-state index in [1.165, 1.54) is 25.7 Å². The maximum Gasteiger partial charge on any atom is 0.193 e. The van der Waals surface area contributed by atoms with Gasteiger partial charge in [-0.2, -0.15) is 0 Å². The fourth-order valence-corrected chi connectivity index (χ4v) is 4.47. The standard InChI is InChI=1S/C22H34N6OS/c1-23-21(27(2)16-17-29-19-12-5-4-6-13-19)24-15-9-14-20-25-26-22(30-3)28(20)18-10-7-8-11-18/h4-6,12-13,18H,7-11,14-17H2,1-3H3,(H,23,24). The molecule has 1 fully saturated rings. The molecule has 1 saturated carbocycles. The van der Waals surface area contributed by atoms with Crippen molar-refractivity contribution in [2.75, 3.05) is 40.0 Å². The van der Waals surface area contributed by atoms with Crippen molar-refractivity contribution in [3.05, 3.63) is 36.2 Å². The Hall–Kier alpha value is -2.22. The number of nitrogens with zero attached hydrogens (tertiary/aromatic N) is 5. The molecule has 1 aromatic carbocycles. The van der Waals surface area contributed by atoms with Crippen molar-refractivity contribution in [2.45, 2.75) is 49.7 Å². The summed E-state index contributed by atoms with van der Waals surface area (Å²) >= 11 is 1.70. The summed E-state index contributed by atoms with van der Waals surface area (Å²) in [6.45, 7) is 2.23. The molecule has 0 saturated heterocycles. The Morgan fingerprint density at radius 1 is 1.27 bits per heavy atom. The molecule has 164 valence electrons. The van der Waals surface area contributed by atoms with E-state index in [1.54, 1.807) is 11.8 Å². The SMILES string of the molecule is CN=C(NCCCc1nnc(SC)n1C1CCCC1)N(C)CCOc1ccccc1. The van der Waals surface area contributed by atoms with Crippen LogP contribution < -0.4 is 10.1 Å². The summed E-state index contributed by atoms with van der Waals surface area (Å²) in [5.74, 6) is 2.89. The van der Waals surface area contributed by atoms with E-state index in [1.807, 2.05) is 44.4 Å². The van der Waals surface area contributed by atoms with Gasteiger partial charge in [0.2, 0.25) is 0 Å². The van der Waals surface area contributed by atoms with Crippen LogP contribution >= 0.6 is 11.8 Å². The highest BCUT2D eigenvalue weighted by molar-refractivity contribution is 7.98. The zero-order valence-corrected chi connectivity index (χ0v) is 19.2. The van der Waals surface area contributed by atoms with E-state index >= 15 is 0 Å². The number of thioether (sulfide) groups is 1. The summed E-state index contributed by atoms with van der Waals surface area (Å²) in [6, 6.07) is 10.5. The number of benzene rings is 1. The third kappa shape index (κ3) is 6.14. The Balaban J connectivity index is 1.42. The molecule has 0 radical (unpaired) electrons. The van der Waals surface area contributed by atoms with Crippen LogP contribution in [0.4, 0.5) is 0 Å². The molecule has 1 aliphatic rings. The molecule has 1 aliphatic carbocycles. The normalized spacial score (nSPS) is 14.8. The molecule has 0 bridgehead atoms. The van der Waals surface area contributed by atoms with Crippen LogP contribution in [-0.4, -0.2) is 65.7 Å². The number of ether oxygens (including phenoxy) is 1. The second-order valence-corrected chi connectivity index (χ2v) is 8.35. The van der Waals surface area contributed by atoms with Crippen molar-refractivity contribution < 1.29 is 4.74 Å². The summed E-state index contributed by atoms with van der Waals surface area (Å²) in [6.07, 6.45) is 9.13. The van der Waals surface area contributed by atoms with Gasteiger partial charge in [-0.3, -0.25) is 4.99 Å². The molecule has 0 unspecified atom stereocenters. The van der Waals surface area contributed by atoms with E-state index < -0.39 is 0 Å². The van der Waals surface area contributed by atoms with Crippen LogP contribution in [0.3, 0.4) is 0 Å². The number of aliphatic imine (C=N–C) groups is 1. The highest BCUT2D eigenvalue weighted by Gasteiger charge is 2.23. The van der Waals surface area contributed by atoms with Crippen LogP contribution in [0.2, 0.25) is 0 Å². The minimum absolute atomic E-state index is 0.578. The Labute approximate surface area is 184 Å². The summed E-state index contributed by atoms with van der Waals surface area (Å²) in [4.78, 5) is 6.49. The summed E-state index contributed by atoms with van der Waals surface area (Å²) in [5, 5.41) is 13.4. The maximum absolute atomic E-state index is 5.79. The highest BCUT2D eigenvalue weighted by atomic mass is 32.2. The molecule has 1 heterocycles. The Morgan fingerprint density at radius 3 is 2.73 bits per heavy atom. The molecule has 8 heteroatoms. The molecule has 1 aromatic heterocycles. The van der Waals surface area contributed by atoms with Crippen LogP contribution in [-0.2, 0) is 6.42 Å². The first kappa shape index (κ1) is 22.5. The fraction of sp³-hybridized carbons (Fsp3) is 0.591. The lowest BCUT2D eigenvalue weighted by Crippen LogP contribution is -2.41. The van der Waals surface area contributed by atoms with Crippen molar-refractivity contribution in [1.29, 1.82) is 0 Å². The highest BCUT2D eigenvalue weighted by Crippen LogP contribution is 2.33. The summed E-state index contributed by atoms with van der Waals surface area (Å²) < 4.78 is 8.17. The largest absolute Gasteiger partial charge is 0.492 e. The molecule has 0 aliphatic heterocycles. The van der Waals surface area contributed by atoms with Crippen LogP contribution in [0.1, 0.15) is 44.0 Å². The van der Waals surface area contributed by atoms with Crippen molar-refractivity contribution in [3.8, 4) is 5.75 Å². The number of guanidine groups is 1. The first-order chi connectivity index (χ1) is 14.7. The van der Waals surface area contributed by atoms with E-state index in [-0.39, 0.29) is 0 Å². The lowest BCUT2D eigenvalue weighted by atomic mass is 10.2. The number of aromatic nitrogens is 3. The van der Waals surface area contributed by atoms with E-state index in [2.05, 4.69) is 36.2 Å². The zero-order valence-electron chi connectivity index (χ0n) is 18.4. The number of nitrogens with one attached hydrogen (secondary N) is 1. The predicted molar refractivity (Wildman–Crippen MR) is 124 cm³/mol. The average Bonchev–Trinajstić information content (AvgIpc) is 3.43. The zero-order chi connectivity index (χ0) is 21.2. The van der Waals surface area contributed by atoms with Crippen molar-refractivity contribution >= 4 is 17.7 Å². The summed E-state index contributed by atoms with van der Waals surface area (Å²) in [7, 11) is 3.85.